The van der Waals surface area contributed by atoms with Crippen LogP contribution in [0.5, 0.6) is 0 Å². The molecule has 1 saturated carbocycles. The number of benzene rings is 2. The molecule has 1 aromatic heterocycles. The van der Waals surface area contributed by atoms with Gasteiger partial charge in [0, 0.05) is 23.0 Å². The monoisotopic (exact) mass is 581 g/mol. The number of halogens is 2. The first-order valence-corrected chi connectivity index (χ1v) is 15.0. The first-order valence-electron chi connectivity index (χ1n) is 13.8. The third-order valence-electron chi connectivity index (χ3n) is 8.10. The molecule has 3 aromatic rings. The van der Waals surface area contributed by atoms with Crippen LogP contribution in [0, 0.1) is 17.7 Å². The van der Waals surface area contributed by atoms with Crippen molar-refractivity contribution in [2.24, 2.45) is 11.8 Å². The summed E-state index contributed by atoms with van der Waals surface area (Å²) >= 11 is 7.92. The number of hydrogen-bond acceptors (Lipinski definition) is 4. The Balaban J connectivity index is 1.51. The van der Waals surface area contributed by atoms with E-state index < -0.39 is 23.9 Å². The Labute approximate surface area is 242 Å². The zero-order valence-corrected chi connectivity index (χ0v) is 23.9. The van der Waals surface area contributed by atoms with E-state index >= 15 is 0 Å². The quantitative estimate of drug-likeness (QED) is 0.303. The van der Waals surface area contributed by atoms with E-state index in [0.29, 0.717) is 10.6 Å². The fourth-order valence-electron chi connectivity index (χ4n) is 6.09. The van der Waals surface area contributed by atoms with Gasteiger partial charge in [0.1, 0.15) is 11.9 Å². The third-order valence-corrected chi connectivity index (χ3v) is 9.37. The van der Waals surface area contributed by atoms with Crippen LogP contribution in [0.3, 0.4) is 0 Å². The fourth-order valence-corrected chi connectivity index (χ4v) is 7.19. The van der Waals surface area contributed by atoms with Gasteiger partial charge in [-0.2, -0.15) is 0 Å². The van der Waals surface area contributed by atoms with Crippen LogP contribution >= 0.6 is 22.9 Å². The zero-order valence-electron chi connectivity index (χ0n) is 22.3. The van der Waals surface area contributed by atoms with E-state index in [1.807, 2.05) is 24.4 Å². The normalized spacial score (nSPS) is 23.1. The van der Waals surface area contributed by atoms with Crippen molar-refractivity contribution in [1.29, 1.82) is 0 Å². The number of likely N-dealkylation sites (tertiary alicyclic amines) is 1. The molecule has 5 rings (SSSR count). The minimum absolute atomic E-state index is 0.0294. The highest BCUT2D eigenvalue weighted by atomic mass is 35.5. The Hall–Kier alpha value is -3.23. The van der Waals surface area contributed by atoms with E-state index in [-0.39, 0.29) is 36.1 Å². The topological polar surface area (TPSA) is 78.5 Å². The molecular weight excluding hydrogens is 549 g/mol. The van der Waals surface area contributed by atoms with E-state index in [1.54, 1.807) is 41.3 Å². The molecule has 2 heterocycles. The molecule has 40 heavy (non-hydrogen) atoms. The van der Waals surface area contributed by atoms with Crippen molar-refractivity contribution in [3.63, 3.8) is 0 Å². The maximum atomic E-state index is 14.1. The van der Waals surface area contributed by atoms with Crippen molar-refractivity contribution in [3.05, 3.63) is 92.9 Å². The summed E-state index contributed by atoms with van der Waals surface area (Å²) in [6, 6.07) is 14.8. The van der Waals surface area contributed by atoms with Gasteiger partial charge in [-0.05, 0) is 60.0 Å². The molecule has 1 aliphatic heterocycles. The summed E-state index contributed by atoms with van der Waals surface area (Å²) in [6.07, 6.45) is 5.02. The van der Waals surface area contributed by atoms with Crippen LogP contribution in [-0.2, 0) is 11.3 Å². The molecule has 2 fully saturated rings. The second-order valence-corrected chi connectivity index (χ2v) is 12.1. The van der Waals surface area contributed by atoms with E-state index in [1.165, 1.54) is 23.5 Å². The van der Waals surface area contributed by atoms with Gasteiger partial charge < -0.3 is 15.5 Å². The lowest BCUT2D eigenvalue weighted by Gasteiger charge is -2.33. The van der Waals surface area contributed by atoms with Gasteiger partial charge in [0.25, 0.3) is 0 Å². The number of amides is 3. The molecule has 4 atom stereocenters. The van der Waals surface area contributed by atoms with Crippen molar-refractivity contribution < 1.29 is 18.8 Å². The number of carbonyl (C=O) groups is 3. The predicted molar refractivity (Wildman–Crippen MR) is 155 cm³/mol. The summed E-state index contributed by atoms with van der Waals surface area (Å²) < 4.78 is 13.4. The minimum atomic E-state index is -0.896. The predicted octanol–water partition coefficient (Wildman–Crippen LogP) is 6.76. The molecule has 2 aliphatic rings. The van der Waals surface area contributed by atoms with E-state index in [9.17, 15) is 18.8 Å². The summed E-state index contributed by atoms with van der Waals surface area (Å²) in [5.41, 5.74) is 1.11. The minimum Gasteiger partial charge on any atom is -0.350 e. The van der Waals surface area contributed by atoms with Crippen LogP contribution < -0.4 is 10.6 Å². The molecule has 6 nitrogen and oxygen atoms in total. The summed E-state index contributed by atoms with van der Waals surface area (Å²) in [6.45, 7) is 2.03. The second-order valence-electron chi connectivity index (χ2n) is 10.7. The number of urea groups is 1. The van der Waals surface area contributed by atoms with Crippen molar-refractivity contribution in [3.8, 4) is 0 Å². The number of rotatable bonds is 7. The molecule has 2 aromatic carbocycles. The van der Waals surface area contributed by atoms with Crippen molar-refractivity contribution in [1.82, 2.24) is 15.5 Å². The molecule has 4 unspecified atom stereocenters. The lowest BCUT2D eigenvalue weighted by molar-refractivity contribution is -0.126. The maximum Gasteiger partial charge on any atom is 0.318 e. The number of nitrogens with zero attached hydrogens (tertiary/aromatic N) is 1. The molecule has 0 radical (unpaired) electrons. The Morgan fingerprint density at radius 3 is 2.40 bits per heavy atom. The molecule has 0 spiro atoms. The standard InChI is InChI=1S/C31H33ClFN3O3S/c1-19-26(29(37)23-10-5-6-11-24(23)32)28(25-12-7-17-40-25)36(31(39)35-22-8-3-2-4-9-22)27(19)30(38)34-18-20-13-15-21(33)16-14-20/h5-7,10-17,19,22,26-28H,2-4,8-9,18H2,1H3,(H,34,38)(H,35,39). The van der Waals surface area contributed by atoms with Crippen molar-refractivity contribution >= 4 is 40.7 Å². The van der Waals surface area contributed by atoms with Gasteiger partial charge in [-0.1, -0.05) is 68.1 Å². The van der Waals surface area contributed by atoms with Crippen LogP contribution in [0.25, 0.3) is 0 Å². The number of Topliss-reactive ketones (excluding diaryl/α,β-unsaturated/α-hetero) is 1. The summed E-state index contributed by atoms with van der Waals surface area (Å²) in [5.74, 6) is -2.09. The van der Waals surface area contributed by atoms with Crippen molar-refractivity contribution in [2.75, 3.05) is 0 Å². The number of carbonyl (C=O) groups excluding carboxylic acids is 3. The highest BCUT2D eigenvalue weighted by molar-refractivity contribution is 7.10. The molecule has 0 bridgehead atoms. The number of thiophene rings is 1. The van der Waals surface area contributed by atoms with Gasteiger partial charge in [0.2, 0.25) is 5.91 Å². The van der Waals surface area contributed by atoms with Crippen LogP contribution in [0.15, 0.2) is 66.0 Å². The third kappa shape index (κ3) is 5.93. The highest BCUT2D eigenvalue weighted by Gasteiger charge is 2.55. The molecule has 1 saturated heterocycles. The second kappa shape index (κ2) is 12.5. The molecular formula is C31H33ClFN3O3S. The Morgan fingerprint density at radius 2 is 1.73 bits per heavy atom. The first kappa shape index (κ1) is 28.3. The molecule has 9 heteroatoms. The van der Waals surface area contributed by atoms with Crippen LogP contribution in [0.2, 0.25) is 5.02 Å². The first-order chi connectivity index (χ1) is 19.3. The number of nitrogens with one attached hydrogen (secondary N) is 2. The van der Waals surface area contributed by atoms with Crippen LogP contribution in [0.1, 0.15) is 65.9 Å². The summed E-state index contributed by atoms with van der Waals surface area (Å²) in [5, 5.41) is 8.37. The van der Waals surface area contributed by atoms with E-state index in [4.69, 9.17) is 11.6 Å². The average Bonchev–Trinajstić information content (AvgIpc) is 3.59. The van der Waals surface area contributed by atoms with Gasteiger partial charge in [-0.25, -0.2) is 9.18 Å². The Kier molecular flexibility index (Phi) is 8.86. The summed E-state index contributed by atoms with van der Waals surface area (Å²) in [7, 11) is 0. The van der Waals surface area contributed by atoms with Crippen LogP contribution in [-0.4, -0.2) is 34.7 Å². The molecule has 210 valence electrons. The number of hydrogen-bond donors (Lipinski definition) is 2. The number of ketones is 1. The molecule has 1 aliphatic carbocycles. The smallest absolute Gasteiger partial charge is 0.318 e. The molecule has 2 N–H and O–H groups in total. The van der Waals surface area contributed by atoms with Gasteiger partial charge in [-0.3, -0.25) is 9.59 Å². The average molecular weight is 582 g/mol. The van der Waals surface area contributed by atoms with Gasteiger partial charge in [-0.15, -0.1) is 11.3 Å². The Morgan fingerprint density at radius 1 is 1.00 bits per heavy atom. The maximum absolute atomic E-state index is 14.1. The lowest BCUT2D eigenvalue weighted by atomic mass is 9.82. The van der Waals surface area contributed by atoms with Gasteiger partial charge >= 0.3 is 6.03 Å². The van der Waals surface area contributed by atoms with Gasteiger partial charge in [0.15, 0.2) is 5.78 Å². The highest BCUT2D eigenvalue weighted by Crippen LogP contribution is 2.48. The van der Waals surface area contributed by atoms with Crippen LogP contribution in [0.4, 0.5) is 9.18 Å². The largest absolute Gasteiger partial charge is 0.350 e. The zero-order chi connectivity index (χ0) is 28.2. The Bertz CT molecular complexity index is 1340. The lowest BCUT2D eigenvalue weighted by Crippen LogP contribution is -2.53. The summed E-state index contributed by atoms with van der Waals surface area (Å²) in [4.78, 5) is 44.4. The SMILES string of the molecule is CC1C(C(=O)c2ccccc2Cl)C(c2cccs2)N(C(=O)NC2CCCCC2)C1C(=O)NCc1ccc(F)cc1. The molecule has 3 amide bonds. The van der Waals surface area contributed by atoms with Gasteiger partial charge in [0.05, 0.1) is 17.0 Å². The van der Waals surface area contributed by atoms with Crippen molar-refractivity contribution in [2.45, 2.75) is 63.7 Å². The van der Waals surface area contributed by atoms with E-state index in [0.717, 1.165) is 42.5 Å². The van der Waals surface area contributed by atoms with E-state index in [2.05, 4.69) is 10.6 Å². The fraction of sp³-hybridized carbons (Fsp3) is 0.387.